The quantitative estimate of drug-likeness (QED) is 0.494. The minimum atomic E-state index is -1.79. The van der Waals surface area contributed by atoms with Gasteiger partial charge in [-0.25, -0.2) is 4.79 Å². The van der Waals surface area contributed by atoms with E-state index < -0.39 is 42.6 Å². The molecule has 0 unspecified atom stereocenters. The highest BCUT2D eigenvalue weighted by Gasteiger charge is 2.48. The van der Waals surface area contributed by atoms with Crippen LogP contribution in [0.2, 0.25) is 0 Å². The van der Waals surface area contributed by atoms with Gasteiger partial charge in [0.15, 0.2) is 6.10 Å². The summed E-state index contributed by atoms with van der Waals surface area (Å²) in [5.41, 5.74) is 1.32. The maximum atomic E-state index is 11.3. The van der Waals surface area contributed by atoms with Gasteiger partial charge < -0.3 is 34.6 Å². The molecule has 9 nitrogen and oxygen atoms in total. The summed E-state index contributed by atoms with van der Waals surface area (Å²) in [5, 5.41) is 39.1. The summed E-state index contributed by atoms with van der Waals surface area (Å²) in [7, 11) is 0. The lowest BCUT2D eigenvalue weighted by Crippen LogP contribution is -2.61. The van der Waals surface area contributed by atoms with Crippen LogP contribution < -0.4 is 4.74 Å². The predicted octanol–water partition coefficient (Wildman–Crippen LogP) is 0.609. The van der Waals surface area contributed by atoms with Crippen LogP contribution in [0, 0.1) is 5.41 Å². The van der Waals surface area contributed by atoms with Crippen LogP contribution in [-0.4, -0.2) is 63.1 Å². The van der Waals surface area contributed by atoms with E-state index in [9.17, 15) is 24.9 Å². The smallest absolute Gasteiger partial charge is 0.335 e. The minimum absolute atomic E-state index is 0.0846. The van der Waals surface area contributed by atoms with E-state index in [1.54, 1.807) is 18.2 Å². The second-order valence-corrected chi connectivity index (χ2v) is 8.31. The fourth-order valence-corrected chi connectivity index (χ4v) is 3.01. The molecule has 1 aromatic rings. The maximum Gasteiger partial charge on any atom is 0.335 e. The number of hydrogen-bond acceptors (Lipinski definition) is 8. The van der Waals surface area contributed by atoms with Gasteiger partial charge in [-0.1, -0.05) is 26.8 Å². The summed E-state index contributed by atoms with van der Waals surface area (Å²) >= 11 is 0. The number of carboxylic acids is 1. The number of carboxylic acid groups (broad SMARTS) is 1. The Hall–Kier alpha value is -2.20. The molecular formula is C20H28O9. The van der Waals surface area contributed by atoms with Gasteiger partial charge in [-0.15, -0.1) is 0 Å². The number of aliphatic hydroxyl groups is 3. The summed E-state index contributed by atoms with van der Waals surface area (Å²) in [5.74, 6) is -1.57. The Labute approximate surface area is 168 Å². The largest absolute Gasteiger partial charge is 0.479 e. The third-order valence-corrected chi connectivity index (χ3v) is 4.34. The number of esters is 1. The number of hydrogen-bond donors (Lipinski definition) is 4. The van der Waals surface area contributed by atoms with Crippen LogP contribution in [0.5, 0.6) is 5.75 Å². The molecule has 0 aromatic heterocycles. The lowest BCUT2D eigenvalue weighted by atomic mass is 9.87. The Balaban J connectivity index is 2.29. The Morgan fingerprint density at radius 3 is 2.31 bits per heavy atom. The Kier molecular flexibility index (Phi) is 7.23. The molecule has 1 heterocycles. The van der Waals surface area contributed by atoms with Crippen LogP contribution in [-0.2, 0) is 32.1 Å². The van der Waals surface area contributed by atoms with Crippen molar-refractivity contribution in [3.8, 4) is 5.75 Å². The summed E-state index contributed by atoms with van der Waals surface area (Å²) in [6, 6.07) is 5.06. The van der Waals surface area contributed by atoms with Crippen LogP contribution in [0.3, 0.4) is 0 Å². The van der Waals surface area contributed by atoms with Gasteiger partial charge in [0.05, 0.1) is 0 Å². The normalized spacial score (nSPS) is 27.3. The van der Waals surface area contributed by atoms with E-state index in [1.807, 2.05) is 20.8 Å². The zero-order valence-corrected chi connectivity index (χ0v) is 16.9. The third-order valence-electron chi connectivity index (χ3n) is 4.34. The minimum Gasteiger partial charge on any atom is -0.479 e. The molecule has 0 amide bonds. The number of aliphatic hydroxyl groups excluding tert-OH is 3. The van der Waals surface area contributed by atoms with Crippen LogP contribution >= 0.6 is 0 Å². The molecule has 0 aliphatic carbocycles. The number of carbonyl (C=O) groups excluding carboxylic acids is 1. The first-order chi connectivity index (χ1) is 13.4. The number of carbonyl (C=O) groups is 2. The van der Waals surface area contributed by atoms with E-state index in [2.05, 4.69) is 0 Å². The number of benzene rings is 1. The highest BCUT2D eigenvalue weighted by Crippen LogP contribution is 2.31. The standard InChI is InChI=1S/C20H28O9/c1-10(21)27-9-11-5-6-13(12(7-11)8-20(2,3)4)28-19-16(24)14(22)15(23)17(29-19)18(25)26/h5-7,14-17,19,22-24H,8-9H2,1-4H3,(H,25,26)/t14-,15-,16+,17-,19+/m0/s1. The number of ether oxygens (including phenoxy) is 3. The first-order valence-corrected chi connectivity index (χ1v) is 9.23. The van der Waals surface area contributed by atoms with Crippen molar-refractivity contribution in [3.63, 3.8) is 0 Å². The van der Waals surface area contributed by atoms with Crippen LogP contribution in [0.4, 0.5) is 0 Å². The van der Waals surface area contributed by atoms with Crippen LogP contribution in [0.25, 0.3) is 0 Å². The average molecular weight is 412 g/mol. The highest BCUT2D eigenvalue weighted by molar-refractivity contribution is 5.73. The number of aliphatic carboxylic acids is 1. The number of rotatable bonds is 6. The van der Waals surface area contributed by atoms with Gasteiger partial charge in [0, 0.05) is 6.92 Å². The van der Waals surface area contributed by atoms with Gasteiger partial charge in [-0.2, -0.15) is 0 Å². The predicted molar refractivity (Wildman–Crippen MR) is 100 cm³/mol. The summed E-state index contributed by atoms with van der Waals surface area (Å²) in [6.07, 6.45) is -7.86. The molecule has 4 N–H and O–H groups in total. The van der Waals surface area contributed by atoms with E-state index in [1.165, 1.54) is 6.92 Å². The van der Waals surface area contributed by atoms with Crippen LogP contribution in [0.15, 0.2) is 18.2 Å². The van der Waals surface area contributed by atoms with E-state index in [0.29, 0.717) is 12.2 Å². The molecule has 0 bridgehead atoms. The van der Waals surface area contributed by atoms with Crippen molar-refractivity contribution in [2.75, 3.05) is 0 Å². The molecule has 0 spiro atoms. The van der Waals surface area contributed by atoms with E-state index >= 15 is 0 Å². The zero-order valence-electron chi connectivity index (χ0n) is 16.9. The molecule has 2 rings (SSSR count). The lowest BCUT2D eigenvalue weighted by molar-refractivity contribution is -0.271. The summed E-state index contributed by atoms with van der Waals surface area (Å²) in [4.78, 5) is 22.3. The van der Waals surface area contributed by atoms with Crippen molar-refractivity contribution in [2.24, 2.45) is 5.41 Å². The van der Waals surface area contributed by atoms with Gasteiger partial charge >= 0.3 is 11.9 Å². The molecule has 1 aliphatic heterocycles. The first kappa shape index (κ1) is 23.1. The van der Waals surface area contributed by atoms with Gasteiger partial charge in [0.25, 0.3) is 0 Å². The Morgan fingerprint density at radius 2 is 1.76 bits per heavy atom. The molecule has 1 aliphatic rings. The molecule has 1 aromatic carbocycles. The van der Waals surface area contributed by atoms with Crippen molar-refractivity contribution in [1.29, 1.82) is 0 Å². The fourth-order valence-electron chi connectivity index (χ4n) is 3.01. The van der Waals surface area contributed by atoms with E-state index in [0.717, 1.165) is 11.1 Å². The van der Waals surface area contributed by atoms with E-state index in [-0.39, 0.29) is 12.0 Å². The fraction of sp³-hybridized carbons (Fsp3) is 0.600. The first-order valence-electron chi connectivity index (χ1n) is 9.23. The van der Waals surface area contributed by atoms with Crippen molar-refractivity contribution in [2.45, 2.75) is 71.4 Å². The molecule has 5 atom stereocenters. The highest BCUT2D eigenvalue weighted by atomic mass is 16.7. The molecule has 0 saturated carbocycles. The van der Waals surface area contributed by atoms with Crippen molar-refractivity contribution in [3.05, 3.63) is 29.3 Å². The summed E-state index contributed by atoms with van der Waals surface area (Å²) in [6.45, 7) is 7.45. The Bertz CT molecular complexity index is 740. The average Bonchev–Trinajstić information content (AvgIpc) is 2.60. The maximum absolute atomic E-state index is 11.3. The van der Waals surface area contributed by atoms with E-state index in [4.69, 9.17) is 19.3 Å². The van der Waals surface area contributed by atoms with Crippen molar-refractivity contribution in [1.82, 2.24) is 0 Å². The molecule has 1 fully saturated rings. The molecular weight excluding hydrogens is 384 g/mol. The van der Waals surface area contributed by atoms with Gasteiger partial charge in [-0.05, 0) is 35.1 Å². The molecule has 9 heteroatoms. The zero-order chi connectivity index (χ0) is 21.9. The van der Waals surface area contributed by atoms with Gasteiger partial charge in [0.1, 0.15) is 30.7 Å². The van der Waals surface area contributed by atoms with Crippen molar-refractivity contribution < 1.29 is 44.2 Å². The summed E-state index contributed by atoms with van der Waals surface area (Å²) < 4.78 is 15.9. The van der Waals surface area contributed by atoms with Crippen LogP contribution in [0.1, 0.15) is 38.8 Å². The third kappa shape index (κ3) is 6.14. The van der Waals surface area contributed by atoms with Gasteiger partial charge in [0.2, 0.25) is 6.29 Å². The second-order valence-electron chi connectivity index (χ2n) is 8.31. The monoisotopic (exact) mass is 412 g/mol. The topological polar surface area (TPSA) is 143 Å². The Morgan fingerprint density at radius 1 is 1.10 bits per heavy atom. The molecule has 0 radical (unpaired) electrons. The lowest BCUT2D eigenvalue weighted by Gasteiger charge is -2.38. The second kappa shape index (κ2) is 9.08. The van der Waals surface area contributed by atoms with Crippen molar-refractivity contribution >= 4 is 11.9 Å². The van der Waals surface area contributed by atoms with Gasteiger partial charge in [-0.3, -0.25) is 4.79 Å². The molecule has 162 valence electrons. The SMILES string of the molecule is CC(=O)OCc1ccc(O[C@@H]2O[C@H](C(=O)O)[C@@H](O)[C@H](O)[C@H]2O)c(CC(C)(C)C)c1. The molecule has 29 heavy (non-hydrogen) atoms. The molecule has 1 saturated heterocycles.